The zero-order valence-electron chi connectivity index (χ0n) is 10.6. The van der Waals surface area contributed by atoms with Gasteiger partial charge in [0.1, 0.15) is 11.6 Å². The van der Waals surface area contributed by atoms with Gasteiger partial charge < -0.3 is 16.0 Å². The van der Waals surface area contributed by atoms with Gasteiger partial charge in [-0.15, -0.1) is 0 Å². The van der Waals surface area contributed by atoms with E-state index in [0.717, 1.165) is 11.6 Å². The van der Waals surface area contributed by atoms with Gasteiger partial charge in [0.25, 0.3) is 0 Å². The van der Waals surface area contributed by atoms with Gasteiger partial charge in [0.2, 0.25) is 5.95 Å². The third-order valence-corrected chi connectivity index (χ3v) is 3.47. The number of aromatic nitrogens is 2. The van der Waals surface area contributed by atoms with Crippen molar-refractivity contribution < 1.29 is 0 Å². The first kappa shape index (κ1) is 12.0. The highest BCUT2D eigenvalue weighted by atomic mass is 15.2. The van der Waals surface area contributed by atoms with Crippen molar-refractivity contribution in [2.75, 3.05) is 30.0 Å². The molecule has 0 unspecified atom stereocenters. The van der Waals surface area contributed by atoms with E-state index in [4.69, 9.17) is 5.73 Å². The average Bonchev–Trinajstić information content (AvgIpc) is 2.38. The van der Waals surface area contributed by atoms with Crippen LogP contribution in [0.1, 0.15) is 32.1 Å². The van der Waals surface area contributed by atoms with Crippen molar-refractivity contribution in [2.24, 2.45) is 0 Å². The lowest BCUT2D eigenvalue weighted by Crippen LogP contribution is -2.34. The van der Waals surface area contributed by atoms with Crippen LogP contribution in [-0.4, -0.2) is 30.1 Å². The maximum atomic E-state index is 5.71. The first-order chi connectivity index (χ1) is 8.20. The van der Waals surface area contributed by atoms with Crippen LogP contribution < -0.4 is 16.0 Å². The summed E-state index contributed by atoms with van der Waals surface area (Å²) in [5.41, 5.74) is 5.71. The topological polar surface area (TPSA) is 67.1 Å². The van der Waals surface area contributed by atoms with Crippen LogP contribution in [-0.2, 0) is 0 Å². The SMILES string of the molecule is CNc1cc(N(C)C2CCCCC2)nc(N)n1. The van der Waals surface area contributed by atoms with E-state index >= 15 is 0 Å². The molecule has 1 aromatic heterocycles. The van der Waals surface area contributed by atoms with Crippen LogP contribution in [0.2, 0.25) is 0 Å². The van der Waals surface area contributed by atoms with Gasteiger partial charge in [0, 0.05) is 26.2 Å². The summed E-state index contributed by atoms with van der Waals surface area (Å²) >= 11 is 0. The van der Waals surface area contributed by atoms with Crippen molar-refractivity contribution in [1.82, 2.24) is 9.97 Å². The molecule has 0 spiro atoms. The summed E-state index contributed by atoms with van der Waals surface area (Å²) in [4.78, 5) is 10.7. The van der Waals surface area contributed by atoms with E-state index in [-0.39, 0.29) is 0 Å². The minimum atomic E-state index is 0.328. The summed E-state index contributed by atoms with van der Waals surface area (Å²) in [7, 11) is 3.93. The summed E-state index contributed by atoms with van der Waals surface area (Å²) in [6.07, 6.45) is 6.48. The number of rotatable bonds is 3. The minimum absolute atomic E-state index is 0.328. The van der Waals surface area contributed by atoms with E-state index < -0.39 is 0 Å². The zero-order chi connectivity index (χ0) is 12.3. The lowest BCUT2D eigenvalue weighted by atomic mass is 9.94. The molecule has 17 heavy (non-hydrogen) atoms. The summed E-state index contributed by atoms with van der Waals surface area (Å²) in [5.74, 6) is 2.01. The molecule has 1 saturated carbocycles. The van der Waals surface area contributed by atoms with Gasteiger partial charge in [0.05, 0.1) is 0 Å². The summed E-state index contributed by atoms with van der Waals surface area (Å²) < 4.78 is 0. The van der Waals surface area contributed by atoms with E-state index in [1.54, 1.807) is 0 Å². The van der Waals surface area contributed by atoms with E-state index in [1.165, 1.54) is 32.1 Å². The van der Waals surface area contributed by atoms with Gasteiger partial charge in [-0.25, -0.2) is 0 Å². The molecule has 1 aliphatic rings. The molecule has 3 N–H and O–H groups in total. The van der Waals surface area contributed by atoms with Crippen molar-refractivity contribution in [3.63, 3.8) is 0 Å². The molecule has 0 atom stereocenters. The smallest absolute Gasteiger partial charge is 0.223 e. The first-order valence-corrected chi connectivity index (χ1v) is 6.26. The number of nitrogens with zero attached hydrogens (tertiary/aromatic N) is 3. The van der Waals surface area contributed by atoms with Crippen LogP contribution in [0.4, 0.5) is 17.6 Å². The molecule has 0 radical (unpaired) electrons. The second-order valence-corrected chi connectivity index (χ2v) is 4.62. The predicted molar refractivity (Wildman–Crippen MR) is 71.3 cm³/mol. The van der Waals surface area contributed by atoms with Crippen LogP contribution in [0.25, 0.3) is 0 Å². The fraction of sp³-hybridized carbons (Fsp3) is 0.667. The average molecular weight is 235 g/mol. The highest BCUT2D eigenvalue weighted by Crippen LogP contribution is 2.26. The van der Waals surface area contributed by atoms with Crippen LogP contribution in [0.15, 0.2) is 6.07 Å². The fourth-order valence-corrected chi connectivity index (χ4v) is 2.42. The zero-order valence-corrected chi connectivity index (χ0v) is 10.6. The molecule has 2 rings (SSSR count). The van der Waals surface area contributed by atoms with Crippen molar-refractivity contribution in [2.45, 2.75) is 38.1 Å². The number of hydrogen-bond donors (Lipinski definition) is 2. The van der Waals surface area contributed by atoms with Crippen LogP contribution in [0, 0.1) is 0 Å². The second-order valence-electron chi connectivity index (χ2n) is 4.62. The lowest BCUT2D eigenvalue weighted by Gasteiger charge is -2.32. The predicted octanol–water partition coefficient (Wildman–Crippen LogP) is 1.87. The van der Waals surface area contributed by atoms with Crippen molar-refractivity contribution >= 4 is 17.6 Å². The van der Waals surface area contributed by atoms with Gasteiger partial charge in [0.15, 0.2) is 0 Å². The summed E-state index contributed by atoms with van der Waals surface area (Å²) in [6.45, 7) is 0. The Balaban J connectivity index is 2.17. The van der Waals surface area contributed by atoms with Gasteiger partial charge in [-0.05, 0) is 12.8 Å². The van der Waals surface area contributed by atoms with Gasteiger partial charge in [-0.1, -0.05) is 19.3 Å². The Hall–Kier alpha value is -1.52. The molecule has 1 aliphatic carbocycles. The second kappa shape index (κ2) is 5.21. The van der Waals surface area contributed by atoms with Crippen molar-refractivity contribution in [3.8, 4) is 0 Å². The molecule has 1 aromatic rings. The van der Waals surface area contributed by atoms with Crippen LogP contribution in [0.5, 0.6) is 0 Å². The molecule has 1 heterocycles. The Kier molecular flexibility index (Phi) is 3.66. The molecule has 0 saturated heterocycles. The Morgan fingerprint density at radius 1 is 1.29 bits per heavy atom. The third kappa shape index (κ3) is 2.78. The minimum Gasteiger partial charge on any atom is -0.373 e. The monoisotopic (exact) mass is 235 g/mol. The standard InChI is InChI=1S/C12H21N5/c1-14-10-8-11(16-12(13)15-10)17(2)9-6-4-3-5-7-9/h8-9H,3-7H2,1-2H3,(H3,13,14,15,16). The molecular weight excluding hydrogens is 214 g/mol. The Labute approximate surface area is 102 Å². The molecule has 0 aliphatic heterocycles. The number of anilines is 3. The fourth-order valence-electron chi connectivity index (χ4n) is 2.42. The molecule has 0 aromatic carbocycles. The van der Waals surface area contributed by atoms with Crippen LogP contribution in [0.3, 0.4) is 0 Å². The third-order valence-electron chi connectivity index (χ3n) is 3.47. The molecular formula is C12H21N5. The van der Waals surface area contributed by atoms with E-state index in [0.29, 0.717) is 12.0 Å². The molecule has 5 nitrogen and oxygen atoms in total. The molecule has 0 bridgehead atoms. The van der Waals surface area contributed by atoms with E-state index in [2.05, 4.69) is 27.2 Å². The van der Waals surface area contributed by atoms with E-state index in [1.807, 2.05) is 13.1 Å². The summed E-state index contributed by atoms with van der Waals surface area (Å²) in [5, 5.41) is 3.01. The maximum Gasteiger partial charge on any atom is 0.223 e. The van der Waals surface area contributed by atoms with Gasteiger partial charge >= 0.3 is 0 Å². The maximum absolute atomic E-state index is 5.71. The Morgan fingerprint density at radius 2 is 2.00 bits per heavy atom. The summed E-state index contributed by atoms with van der Waals surface area (Å²) in [6, 6.07) is 2.54. The first-order valence-electron chi connectivity index (χ1n) is 6.26. The highest BCUT2D eigenvalue weighted by Gasteiger charge is 2.19. The molecule has 94 valence electrons. The number of nitrogens with one attached hydrogen (secondary N) is 1. The normalized spacial score (nSPS) is 16.8. The number of nitrogen functional groups attached to an aromatic ring is 1. The van der Waals surface area contributed by atoms with E-state index in [9.17, 15) is 0 Å². The molecule has 0 amide bonds. The molecule has 1 fully saturated rings. The van der Waals surface area contributed by atoms with Crippen molar-refractivity contribution in [1.29, 1.82) is 0 Å². The largest absolute Gasteiger partial charge is 0.373 e. The quantitative estimate of drug-likeness (QED) is 0.837. The Morgan fingerprint density at radius 3 is 2.65 bits per heavy atom. The number of nitrogens with two attached hydrogens (primary N) is 1. The lowest BCUT2D eigenvalue weighted by molar-refractivity contribution is 0.426. The van der Waals surface area contributed by atoms with Gasteiger partial charge in [-0.2, -0.15) is 9.97 Å². The molecule has 5 heteroatoms. The van der Waals surface area contributed by atoms with Gasteiger partial charge in [-0.3, -0.25) is 0 Å². The Bertz CT molecular complexity index is 373. The van der Waals surface area contributed by atoms with Crippen LogP contribution >= 0.6 is 0 Å². The highest BCUT2D eigenvalue weighted by molar-refractivity contribution is 5.52. The number of hydrogen-bond acceptors (Lipinski definition) is 5. The van der Waals surface area contributed by atoms with Crippen molar-refractivity contribution in [3.05, 3.63) is 6.07 Å².